The molecule has 0 aliphatic heterocycles. The Morgan fingerprint density at radius 1 is 1.89 bits per heavy atom. The number of hydrogen-bond donors (Lipinski definition) is 0. The van der Waals surface area contributed by atoms with E-state index in [1.165, 1.54) is 0 Å². The quantitative estimate of drug-likeness (QED) is 0.486. The summed E-state index contributed by atoms with van der Waals surface area (Å²) in [6.45, 7) is 5.87. The summed E-state index contributed by atoms with van der Waals surface area (Å²) < 4.78 is 4.79. The van der Waals surface area contributed by atoms with Crippen LogP contribution in [0, 0.1) is 0 Å². The Bertz CT molecular complexity index is 101. The molecule has 48 valence electrons. The van der Waals surface area contributed by atoms with Crippen molar-refractivity contribution in [3.8, 4) is 0 Å². The van der Waals surface area contributed by atoms with Crippen molar-refractivity contribution in [2.24, 2.45) is 0 Å². The molecule has 0 amide bonds. The van der Waals surface area contributed by atoms with Gasteiger partial charge in [0, 0.05) is 0 Å². The maximum absolute atomic E-state index is 10.6. The zero-order valence-corrected chi connectivity index (χ0v) is 8.69. The van der Waals surface area contributed by atoms with E-state index in [9.17, 15) is 4.79 Å². The van der Waals surface area contributed by atoms with E-state index in [2.05, 4.69) is 6.58 Å². The SMILES string of the molecule is C=C[CH2][Zn][C](=O)OCC. The van der Waals surface area contributed by atoms with E-state index in [0.29, 0.717) is 6.61 Å². The summed E-state index contributed by atoms with van der Waals surface area (Å²) in [5, 5.41) is 0.895. The molecule has 0 rings (SSSR count). The molecule has 0 unspecified atom stereocenters. The van der Waals surface area contributed by atoms with Crippen molar-refractivity contribution >= 4 is 4.56 Å². The predicted molar refractivity (Wildman–Crippen MR) is 32.0 cm³/mol. The number of carbonyl (C=O) groups is 1. The summed E-state index contributed by atoms with van der Waals surface area (Å²) >= 11 is -1.04. The van der Waals surface area contributed by atoms with Gasteiger partial charge in [0.25, 0.3) is 0 Å². The first-order valence-corrected chi connectivity index (χ1v) is 6.66. The molecule has 0 bridgehead atoms. The second-order valence-electron chi connectivity index (χ2n) is 1.63. The van der Waals surface area contributed by atoms with Crippen molar-refractivity contribution in [1.29, 1.82) is 0 Å². The zero-order chi connectivity index (χ0) is 7.11. The molecule has 0 heterocycles. The van der Waals surface area contributed by atoms with Crippen LogP contribution in [-0.2, 0) is 21.9 Å². The minimum absolute atomic E-state index is 0.0462. The van der Waals surface area contributed by atoms with Crippen LogP contribution < -0.4 is 0 Å². The van der Waals surface area contributed by atoms with Crippen LogP contribution in [0.3, 0.4) is 0 Å². The van der Waals surface area contributed by atoms with Crippen LogP contribution in [0.2, 0.25) is 5.02 Å². The molecule has 0 aromatic rings. The molecule has 9 heavy (non-hydrogen) atoms. The average Bonchev–Trinajstić information content (AvgIpc) is 1.85. The topological polar surface area (TPSA) is 26.3 Å². The summed E-state index contributed by atoms with van der Waals surface area (Å²) in [4.78, 5) is 10.6. The third kappa shape index (κ3) is 5.71. The molecule has 0 saturated heterocycles. The third-order valence-electron chi connectivity index (χ3n) is 0.858. The fourth-order valence-corrected chi connectivity index (χ4v) is 2.11. The molecular formula is C6H10O2Zn. The molecule has 0 radical (unpaired) electrons. The van der Waals surface area contributed by atoms with Gasteiger partial charge < -0.3 is 0 Å². The van der Waals surface area contributed by atoms with E-state index in [1.54, 1.807) is 6.08 Å². The molecular weight excluding hydrogens is 169 g/mol. The minimum atomic E-state index is -1.04. The van der Waals surface area contributed by atoms with Crippen LogP contribution in [0.4, 0.5) is 4.79 Å². The second-order valence-corrected chi connectivity index (χ2v) is 5.10. The molecule has 0 aromatic carbocycles. The van der Waals surface area contributed by atoms with Gasteiger partial charge in [-0.2, -0.15) is 0 Å². The molecule has 2 nitrogen and oxygen atoms in total. The maximum atomic E-state index is 10.6. The van der Waals surface area contributed by atoms with Crippen LogP contribution in [0.1, 0.15) is 6.92 Å². The Hall–Kier alpha value is -0.167. The molecule has 0 spiro atoms. The standard InChI is InChI=1S/C3H5O2.C3H5.Zn/c1-2-5-3-4;1-3-2;/h2H2,1H3;3H,1-2H2;. The van der Waals surface area contributed by atoms with Gasteiger partial charge in [-0.05, 0) is 0 Å². The first kappa shape index (κ1) is 8.83. The number of carbonyl (C=O) groups excluding carboxylic acids is 1. The van der Waals surface area contributed by atoms with Gasteiger partial charge in [0.1, 0.15) is 0 Å². The third-order valence-corrected chi connectivity index (χ3v) is 3.60. The van der Waals surface area contributed by atoms with E-state index in [4.69, 9.17) is 4.74 Å². The van der Waals surface area contributed by atoms with E-state index in [1.807, 2.05) is 6.92 Å². The van der Waals surface area contributed by atoms with Crippen LogP contribution in [-0.4, -0.2) is 11.2 Å². The first-order valence-electron chi connectivity index (χ1n) is 3.07. The molecule has 0 saturated carbocycles. The van der Waals surface area contributed by atoms with Crippen LogP contribution in [0.5, 0.6) is 0 Å². The molecule has 0 aromatic heterocycles. The van der Waals surface area contributed by atoms with Crippen molar-refractivity contribution in [1.82, 2.24) is 0 Å². The van der Waals surface area contributed by atoms with E-state index in [0.717, 1.165) is 5.02 Å². The van der Waals surface area contributed by atoms with Crippen LogP contribution in [0.25, 0.3) is 0 Å². The molecule has 0 aliphatic carbocycles. The Balaban J connectivity index is 3.16. The summed E-state index contributed by atoms with van der Waals surface area (Å²) in [5.41, 5.74) is 0. The van der Waals surface area contributed by atoms with E-state index in [-0.39, 0.29) is 4.56 Å². The van der Waals surface area contributed by atoms with Gasteiger partial charge >= 0.3 is 62.4 Å². The average molecular weight is 180 g/mol. The summed E-state index contributed by atoms with van der Waals surface area (Å²) in [6.07, 6.45) is 1.79. The zero-order valence-electron chi connectivity index (χ0n) is 5.72. The Morgan fingerprint density at radius 3 is 3.00 bits per heavy atom. The van der Waals surface area contributed by atoms with Crippen LogP contribution >= 0.6 is 0 Å². The van der Waals surface area contributed by atoms with Gasteiger partial charge in [0.05, 0.1) is 0 Å². The number of hydrogen-bond acceptors (Lipinski definition) is 2. The number of ether oxygens (including phenoxy) is 1. The van der Waals surface area contributed by atoms with Crippen molar-refractivity contribution in [3.63, 3.8) is 0 Å². The fraction of sp³-hybridized carbons (Fsp3) is 0.500. The molecule has 0 aliphatic rings. The molecule has 0 N–H and O–H groups in total. The Morgan fingerprint density at radius 2 is 2.56 bits per heavy atom. The summed E-state index contributed by atoms with van der Waals surface area (Å²) in [6, 6.07) is 0. The molecule has 0 fully saturated rings. The van der Waals surface area contributed by atoms with E-state index < -0.39 is 17.1 Å². The monoisotopic (exact) mass is 178 g/mol. The molecule has 3 heteroatoms. The Labute approximate surface area is 62.9 Å². The van der Waals surface area contributed by atoms with Gasteiger partial charge in [0.2, 0.25) is 0 Å². The van der Waals surface area contributed by atoms with Gasteiger partial charge in [-0.25, -0.2) is 0 Å². The van der Waals surface area contributed by atoms with Gasteiger partial charge in [0.15, 0.2) is 0 Å². The molecule has 0 atom stereocenters. The summed E-state index contributed by atoms with van der Waals surface area (Å²) in [7, 11) is 0. The van der Waals surface area contributed by atoms with Crippen molar-refractivity contribution in [3.05, 3.63) is 12.7 Å². The number of rotatable bonds is 4. The van der Waals surface area contributed by atoms with Crippen LogP contribution in [0.15, 0.2) is 12.7 Å². The van der Waals surface area contributed by atoms with Crippen molar-refractivity contribution in [2.45, 2.75) is 11.9 Å². The van der Waals surface area contributed by atoms with Gasteiger partial charge in [-0.15, -0.1) is 0 Å². The van der Waals surface area contributed by atoms with Gasteiger partial charge in [-0.3, -0.25) is 0 Å². The normalized spacial score (nSPS) is 7.67. The Kier molecular flexibility index (Phi) is 5.85. The van der Waals surface area contributed by atoms with E-state index >= 15 is 0 Å². The summed E-state index contributed by atoms with van der Waals surface area (Å²) in [5.74, 6) is 0. The van der Waals surface area contributed by atoms with Crippen molar-refractivity contribution < 1.29 is 26.7 Å². The second kappa shape index (κ2) is 5.96. The first-order chi connectivity index (χ1) is 4.31. The fourth-order valence-electron chi connectivity index (χ4n) is 0.453. The predicted octanol–water partition coefficient (Wildman–Crippen LogP) is 1.83. The van der Waals surface area contributed by atoms with Crippen molar-refractivity contribution in [2.75, 3.05) is 6.61 Å². The van der Waals surface area contributed by atoms with Gasteiger partial charge in [-0.1, -0.05) is 0 Å². The number of allylic oxidation sites excluding steroid dienone is 1.